The molecule has 1 saturated carbocycles. The van der Waals surface area contributed by atoms with Crippen LogP contribution in [0.25, 0.3) is 0 Å². The number of carbonyl (C=O) groups is 6. The van der Waals surface area contributed by atoms with Crippen molar-refractivity contribution in [2.45, 2.75) is 40.5 Å². The summed E-state index contributed by atoms with van der Waals surface area (Å²) in [6, 6.07) is 4.91. The standard InChI is InChI=1S/C11H12O3.C10H12O3.C5H6O3/c1-3-8-4-5-9(7(2)12)10(6-8)11(13)14;1-5(11)8-6-2-3-7(4-6)9(8)10(12)13;1-4(6)2-3-5(7)8/h4-6H,3H2,1-2H3,(H,13,14);2-3,6-9H,4H2,1H3,(H,12,13);2-3H,1H3,(H,7,8)/b;;3-2-. The Hall–Kier alpha value is -3.88. The van der Waals surface area contributed by atoms with Gasteiger partial charge in [0.2, 0.25) is 0 Å². The fourth-order valence-corrected chi connectivity index (χ4v) is 4.20. The summed E-state index contributed by atoms with van der Waals surface area (Å²) in [5.41, 5.74) is 1.29. The van der Waals surface area contributed by atoms with Crippen LogP contribution in [0.15, 0.2) is 42.5 Å². The minimum atomic E-state index is -1.10. The molecule has 9 heteroatoms. The number of allylic oxidation sites excluding steroid dienone is 3. The lowest BCUT2D eigenvalue weighted by atomic mass is 9.81. The zero-order valence-electron chi connectivity index (χ0n) is 20.1. The Bertz CT molecular complexity index is 1020. The van der Waals surface area contributed by atoms with E-state index >= 15 is 0 Å². The Balaban J connectivity index is 0.000000273. The number of carboxylic acids is 3. The molecule has 3 rings (SSSR count). The molecule has 0 aliphatic heterocycles. The van der Waals surface area contributed by atoms with Crippen molar-refractivity contribution < 1.29 is 44.1 Å². The molecule has 0 heterocycles. The van der Waals surface area contributed by atoms with E-state index in [1.54, 1.807) is 18.2 Å². The van der Waals surface area contributed by atoms with E-state index in [0.29, 0.717) is 0 Å². The Morgan fingerprint density at radius 2 is 1.43 bits per heavy atom. The van der Waals surface area contributed by atoms with E-state index in [4.69, 9.17) is 15.3 Å². The second-order valence-corrected chi connectivity index (χ2v) is 8.33. The largest absolute Gasteiger partial charge is 0.481 e. The normalized spacial score (nSPS) is 21.4. The number of carboxylic acid groups (broad SMARTS) is 3. The van der Waals surface area contributed by atoms with E-state index in [2.05, 4.69) is 0 Å². The van der Waals surface area contributed by atoms with Crippen LogP contribution in [0.2, 0.25) is 0 Å². The lowest BCUT2D eigenvalue weighted by molar-refractivity contribution is -0.147. The van der Waals surface area contributed by atoms with E-state index in [9.17, 15) is 28.8 Å². The number of benzene rings is 1. The first kappa shape index (κ1) is 29.2. The van der Waals surface area contributed by atoms with E-state index in [0.717, 1.165) is 30.6 Å². The first-order chi connectivity index (χ1) is 16.3. The molecule has 2 aliphatic rings. The summed E-state index contributed by atoms with van der Waals surface area (Å²) in [7, 11) is 0. The third kappa shape index (κ3) is 8.44. The number of ketones is 3. The van der Waals surface area contributed by atoms with E-state index in [1.807, 2.05) is 19.1 Å². The number of fused-ring (bicyclic) bond motifs is 2. The van der Waals surface area contributed by atoms with Crippen LogP contribution in [-0.4, -0.2) is 50.6 Å². The molecule has 0 amide bonds. The van der Waals surface area contributed by atoms with Gasteiger partial charge in [-0.3, -0.25) is 19.2 Å². The van der Waals surface area contributed by atoms with Crippen LogP contribution in [0.1, 0.15) is 60.4 Å². The maximum atomic E-state index is 11.3. The highest BCUT2D eigenvalue weighted by Crippen LogP contribution is 2.48. The van der Waals surface area contributed by atoms with Crippen LogP contribution in [0.5, 0.6) is 0 Å². The molecule has 4 unspecified atom stereocenters. The molecule has 9 nitrogen and oxygen atoms in total. The summed E-state index contributed by atoms with van der Waals surface area (Å²) >= 11 is 0. The van der Waals surface area contributed by atoms with Crippen molar-refractivity contribution in [1.29, 1.82) is 0 Å². The maximum absolute atomic E-state index is 11.3. The quantitative estimate of drug-likeness (QED) is 0.297. The van der Waals surface area contributed by atoms with Gasteiger partial charge < -0.3 is 15.3 Å². The van der Waals surface area contributed by atoms with Crippen LogP contribution in [0.3, 0.4) is 0 Å². The van der Waals surface area contributed by atoms with Gasteiger partial charge in [-0.25, -0.2) is 9.59 Å². The van der Waals surface area contributed by atoms with Crippen LogP contribution in [0.4, 0.5) is 0 Å². The van der Waals surface area contributed by atoms with E-state index in [1.165, 1.54) is 20.8 Å². The van der Waals surface area contributed by atoms with Gasteiger partial charge in [0.25, 0.3) is 0 Å². The van der Waals surface area contributed by atoms with Gasteiger partial charge in [0.1, 0.15) is 5.78 Å². The number of hydrogen-bond acceptors (Lipinski definition) is 6. The highest BCUT2D eigenvalue weighted by Gasteiger charge is 2.50. The SMILES string of the molecule is CC(=O)/C=C\C(=O)O.CC(=O)C1C2C=CC(C2)C1C(=O)O.CCc1ccc(C(C)=O)c(C(=O)O)c1. The molecule has 0 saturated heterocycles. The summed E-state index contributed by atoms with van der Waals surface area (Å²) in [5, 5.41) is 25.8. The van der Waals surface area contributed by atoms with Crippen molar-refractivity contribution in [2.24, 2.45) is 23.7 Å². The molecule has 1 fully saturated rings. The highest BCUT2D eigenvalue weighted by molar-refractivity contribution is 6.04. The molecule has 2 bridgehead atoms. The summed E-state index contributed by atoms with van der Waals surface area (Å²) in [5.74, 6) is -3.88. The van der Waals surface area contributed by atoms with Crippen molar-refractivity contribution in [2.75, 3.05) is 0 Å². The molecule has 188 valence electrons. The van der Waals surface area contributed by atoms with Crippen LogP contribution < -0.4 is 0 Å². The second-order valence-electron chi connectivity index (χ2n) is 8.33. The number of aliphatic carboxylic acids is 2. The van der Waals surface area contributed by atoms with Crippen LogP contribution >= 0.6 is 0 Å². The lowest BCUT2D eigenvalue weighted by Gasteiger charge is -2.21. The minimum absolute atomic E-state index is 0.0178. The Kier molecular flexibility index (Phi) is 10.9. The molecule has 35 heavy (non-hydrogen) atoms. The van der Waals surface area contributed by atoms with Gasteiger partial charge in [-0.1, -0.05) is 31.2 Å². The van der Waals surface area contributed by atoms with Crippen molar-refractivity contribution >= 4 is 35.3 Å². The van der Waals surface area contributed by atoms with Gasteiger partial charge in [0.05, 0.1) is 11.5 Å². The van der Waals surface area contributed by atoms with Crippen LogP contribution in [0, 0.1) is 23.7 Å². The average molecular weight is 487 g/mol. The number of hydrogen-bond donors (Lipinski definition) is 3. The molecule has 3 N–H and O–H groups in total. The maximum Gasteiger partial charge on any atom is 0.336 e. The number of carbonyl (C=O) groups excluding carboxylic acids is 3. The average Bonchev–Trinajstić information content (AvgIpc) is 3.40. The van der Waals surface area contributed by atoms with Crippen molar-refractivity contribution in [3.8, 4) is 0 Å². The highest BCUT2D eigenvalue weighted by atomic mass is 16.4. The number of aromatic carboxylic acids is 1. The molecular formula is C26H30O9. The predicted molar refractivity (Wildman–Crippen MR) is 126 cm³/mol. The van der Waals surface area contributed by atoms with Gasteiger partial charge in [0.15, 0.2) is 11.6 Å². The monoisotopic (exact) mass is 486 g/mol. The third-order valence-electron chi connectivity index (χ3n) is 5.78. The molecule has 0 aromatic heterocycles. The summed E-state index contributed by atoms with van der Waals surface area (Å²) < 4.78 is 0. The van der Waals surface area contributed by atoms with Gasteiger partial charge >= 0.3 is 17.9 Å². The first-order valence-corrected chi connectivity index (χ1v) is 11.0. The fraction of sp³-hybridized carbons (Fsp3) is 0.385. The summed E-state index contributed by atoms with van der Waals surface area (Å²) in [6.45, 7) is 6.09. The molecule has 0 spiro atoms. The number of rotatable bonds is 7. The zero-order chi connectivity index (χ0) is 26.9. The topological polar surface area (TPSA) is 163 Å². The Morgan fingerprint density at radius 3 is 1.77 bits per heavy atom. The second kappa shape index (κ2) is 13.1. The van der Waals surface area contributed by atoms with Crippen molar-refractivity contribution in [3.05, 3.63) is 59.2 Å². The Labute approximate surface area is 203 Å². The van der Waals surface area contributed by atoms with E-state index in [-0.39, 0.29) is 46.2 Å². The van der Waals surface area contributed by atoms with Gasteiger partial charge in [-0.05, 0) is 63.2 Å². The number of Topliss-reactive ketones (excluding diaryl/α,β-unsaturated/α-hetero) is 2. The van der Waals surface area contributed by atoms with Gasteiger partial charge in [-0.2, -0.15) is 0 Å². The molecule has 1 aromatic carbocycles. The molecular weight excluding hydrogens is 456 g/mol. The van der Waals surface area contributed by atoms with Crippen LogP contribution in [-0.2, 0) is 25.6 Å². The molecule has 0 radical (unpaired) electrons. The summed E-state index contributed by atoms with van der Waals surface area (Å²) in [4.78, 5) is 63.8. The summed E-state index contributed by atoms with van der Waals surface area (Å²) in [6.07, 6.45) is 7.36. The first-order valence-electron chi connectivity index (χ1n) is 11.0. The Morgan fingerprint density at radius 1 is 0.857 bits per heavy atom. The van der Waals surface area contributed by atoms with Gasteiger partial charge in [-0.15, -0.1) is 0 Å². The molecule has 4 atom stereocenters. The van der Waals surface area contributed by atoms with E-state index < -0.39 is 23.8 Å². The molecule has 2 aliphatic carbocycles. The predicted octanol–water partition coefficient (Wildman–Crippen LogP) is 3.46. The third-order valence-corrected chi connectivity index (χ3v) is 5.78. The van der Waals surface area contributed by atoms with Gasteiger partial charge in [0, 0.05) is 17.6 Å². The lowest BCUT2D eigenvalue weighted by Crippen LogP contribution is -2.31. The minimum Gasteiger partial charge on any atom is -0.481 e. The van der Waals surface area contributed by atoms with Crippen molar-refractivity contribution in [3.63, 3.8) is 0 Å². The fourth-order valence-electron chi connectivity index (χ4n) is 4.20. The molecule has 1 aromatic rings. The number of aryl methyl sites for hydroxylation is 1. The van der Waals surface area contributed by atoms with Crippen molar-refractivity contribution in [1.82, 2.24) is 0 Å². The smallest absolute Gasteiger partial charge is 0.336 e. The zero-order valence-corrected chi connectivity index (χ0v) is 20.1.